The van der Waals surface area contributed by atoms with Gasteiger partial charge >= 0.3 is 0 Å². The maximum Gasteiger partial charge on any atom is 0.182 e. The number of rotatable bonds is 3. The number of aliphatic hydroxyl groups is 2. The Morgan fingerprint density at radius 1 is 1.44 bits per heavy atom. The first kappa shape index (κ1) is 8.30. The van der Waals surface area contributed by atoms with Crippen LogP contribution in [0.25, 0.3) is 0 Å². The highest BCUT2D eigenvalue weighted by Crippen LogP contribution is 1.92. The van der Waals surface area contributed by atoms with E-state index in [4.69, 9.17) is 10.2 Å². The van der Waals surface area contributed by atoms with Crippen molar-refractivity contribution in [2.24, 2.45) is 0 Å². The third kappa shape index (κ3) is 3.85. The van der Waals surface area contributed by atoms with Crippen LogP contribution in [0.5, 0.6) is 0 Å². The van der Waals surface area contributed by atoms with Crippen molar-refractivity contribution < 1.29 is 10.2 Å². The molecule has 0 aliphatic rings. The summed E-state index contributed by atoms with van der Waals surface area (Å²) >= 11 is 0. The molecule has 54 valence electrons. The fourth-order valence-electron chi connectivity index (χ4n) is 0.351. The largest absolute Gasteiger partial charge is 0.495 e. The summed E-state index contributed by atoms with van der Waals surface area (Å²) in [6, 6.07) is 0. The van der Waals surface area contributed by atoms with Gasteiger partial charge in [0.25, 0.3) is 0 Å². The summed E-state index contributed by atoms with van der Waals surface area (Å²) in [4.78, 5) is 0. The van der Waals surface area contributed by atoms with Crippen molar-refractivity contribution in [1.29, 1.82) is 0 Å². The normalized spacial score (nSPS) is 8.78. The van der Waals surface area contributed by atoms with E-state index in [1.807, 2.05) is 0 Å². The lowest BCUT2D eigenvalue weighted by Gasteiger charge is -2.02. The molecule has 0 heterocycles. The van der Waals surface area contributed by atoms with Crippen molar-refractivity contribution in [3.63, 3.8) is 0 Å². The highest BCUT2D eigenvalue weighted by atomic mass is 16.3. The van der Waals surface area contributed by atoms with Crippen molar-refractivity contribution in [2.75, 3.05) is 13.2 Å². The Balaban J connectivity index is 3.50. The second-order valence-corrected chi connectivity index (χ2v) is 2.00. The summed E-state index contributed by atoms with van der Waals surface area (Å²) in [5, 5.41) is 19.8. The Hall–Kier alpha value is -0.700. The molecule has 0 aromatic heterocycles. The lowest BCUT2D eigenvalue weighted by Crippen LogP contribution is -2.18. The molecule has 0 spiro atoms. The van der Waals surface area contributed by atoms with Crippen LogP contribution in [0.4, 0.5) is 0 Å². The zero-order valence-corrected chi connectivity index (χ0v) is 5.81. The minimum atomic E-state index is 0.0390. The molecular weight excluding hydrogens is 118 g/mol. The molecule has 0 saturated heterocycles. The molecule has 0 bridgehead atoms. The minimum absolute atomic E-state index is 0.0390. The van der Waals surface area contributed by atoms with Crippen molar-refractivity contribution in [3.8, 4) is 0 Å². The molecule has 0 atom stereocenters. The monoisotopic (exact) mass is 131 g/mol. The lowest BCUT2D eigenvalue weighted by molar-refractivity contribution is 0.276. The van der Waals surface area contributed by atoms with E-state index in [1.165, 1.54) is 0 Å². The van der Waals surface area contributed by atoms with Gasteiger partial charge in [0, 0.05) is 6.54 Å². The summed E-state index contributed by atoms with van der Waals surface area (Å²) in [5.74, 6) is 0.157. The predicted octanol–water partition coefficient (Wildman–Crippen LogP) is 0.378. The third-order valence-corrected chi connectivity index (χ3v) is 0.878. The van der Waals surface area contributed by atoms with Gasteiger partial charge in [0.15, 0.2) is 5.88 Å². The summed E-state index contributed by atoms with van der Waals surface area (Å²) in [7, 11) is 0. The van der Waals surface area contributed by atoms with Crippen molar-refractivity contribution in [3.05, 3.63) is 11.5 Å². The van der Waals surface area contributed by atoms with Crippen molar-refractivity contribution in [1.82, 2.24) is 5.32 Å². The molecule has 3 nitrogen and oxygen atoms in total. The summed E-state index contributed by atoms with van der Waals surface area (Å²) < 4.78 is 0. The quantitative estimate of drug-likeness (QED) is 0.485. The van der Waals surface area contributed by atoms with E-state index in [9.17, 15) is 0 Å². The molecular formula is C6H13NO2. The van der Waals surface area contributed by atoms with E-state index in [-0.39, 0.29) is 12.5 Å². The lowest BCUT2D eigenvalue weighted by atomic mass is 10.4. The molecule has 0 amide bonds. The zero-order valence-electron chi connectivity index (χ0n) is 5.81. The van der Waals surface area contributed by atoms with Gasteiger partial charge in [-0.25, -0.2) is 0 Å². The molecule has 0 fully saturated rings. The minimum Gasteiger partial charge on any atom is -0.495 e. The first-order valence-corrected chi connectivity index (χ1v) is 2.89. The van der Waals surface area contributed by atoms with Gasteiger partial charge in [0.05, 0.1) is 6.61 Å². The molecule has 3 heteroatoms. The highest BCUT2D eigenvalue weighted by molar-refractivity contribution is 4.98. The average Bonchev–Trinajstić information content (AvgIpc) is 1.82. The van der Waals surface area contributed by atoms with Gasteiger partial charge < -0.3 is 15.5 Å². The third-order valence-electron chi connectivity index (χ3n) is 0.878. The van der Waals surface area contributed by atoms with Crippen LogP contribution in [-0.2, 0) is 0 Å². The average molecular weight is 131 g/mol. The first-order chi connectivity index (χ1) is 4.18. The molecule has 0 aliphatic heterocycles. The van der Waals surface area contributed by atoms with Gasteiger partial charge in [-0.05, 0) is 19.4 Å². The smallest absolute Gasteiger partial charge is 0.182 e. The second kappa shape index (κ2) is 4.21. The van der Waals surface area contributed by atoms with E-state index in [1.54, 1.807) is 13.8 Å². The Morgan fingerprint density at radius 2 is 2.00 bits per heavy atom. The standard InChI is InChI=1S/C6H13NO2/c1-5(2)6(9)7-3-4-8/h7-9H,3-4H2,1-2H3. The number of aliphatic hydroxyl groups excluding tert-OH is 2. The Kier molecular flexibility index (Phi) is 3.88. The number of hydrogen-bond acceptors (Lipinski definition) is 3. The topological polar surface area (TPSA) is 52.5 Å². The summed E-state index contributed by atoms with van der Waals surface area (Å²) in [6.07, 6.45) is 0. The molecule has 0 radical (unpaired) electrons. The van der Waals surface area contributed by atoms with Crippen LogP contribution in [0.15, 0.2) is 11.5 Å². The van der Waals surface area contributed by atoms with Crippen LogP contribution < -0.4 is 5.32 Å². The van der Waals surface area contributed by atoms with Gasteiger partial charge in [-0.2, -0.15) is 0 Å². The molecule has 9 heavy (non-hydrogen) atoms. The number of nitrogens with one attached hydrogen (secondary N) is 1. The van der Waals surface area contributed by atoms with Gasteiger partial charge in [0.1, 0.15) is 0 Å². The molecule has 3 N–H and O–H groups in total. The number of allylic oxidation sites excluding steroid dienone is 1. The molecule has 0 rings (SSSR count). The molecule has 0 aromatic rings. The first-order valence-electron chi connectivity index (χ1n) is 2.89. The van der Waals surface area contributed by atoms with Crippen LogP contribution >= 0.6 is 0 Å². The van der Waals surface area contributed by atoms with Crippen molar-refractivity contribution >= 4 is 0 Å². The van der Waals surface area contributed by atoms with Crippen LogP contribution in [0.1, 0.15) is 13.8 Å². The van der Waals surface area contributed by atoms with E-state index >= 15 is 0 Å². The molecule has 0 unspecified atom stereocenters. The SMILES string of the molecule is CC(C)=C(O)NCCO. The highest BCUT2D eigenvalue weighted by Gasteiger charge is 1.90. The molecule has 0 aliphatic carbocycles. The van der Waals surface area contributed by atoms with Crippen molar-refractivity contribution in [2.45, 2.75) is 13.8 Å². The van der Waals surface area contributed by atoms with E-state index < -0.39 is 0 Å². The van der Waals surface area contributed by atoms with Gasteiger partial charge in [0.2, 0.25) is 0 Å². The fraction of sp³-hybridized carbons (Fsp3) is 0.667. The fourth-order valence-corrected chi connectivity index (χ4v) is 0.351. The Morgan fingerprint density at radius 3 is 2.33 bits per heavy atom. The van der Waals surface area contributed by atoms with Crippen LogP contribution in [0.2, 0.25) is 0 Å². The second-order valence-electron chi connectivity index (χ2n) is 2.00. The molecule has 0 aromatic carbocycles. The van der Waals surface area contributed by atoms with E-state index in [0.717, 1.165) is 5.57 Å². The van der Waals surface area contributed by atoms with Gasteiger partial charge in [-0.15, -0.1) is 0 Å². The molecule has 0 saturated carbocycles. The Bertz CT molecular complexity index is 106. The van der Waals surface area contributed by atoms with Gasteiger partial charge in [-0.1, -0.05) is 0 Å². The summed E-state index contributed by atoms with van der Waals surface area (Å²) in [6.45, 7) is 4.02. The predicted molar refractivity (Wildman–Crippen MR) is 36.1 cm³/mol. The van der Waals surface area contributed by atoms with Crippen LogP contribution in [0, 0.1) is 0 Å². The van der Waals surface area contributed by atoms with Crippen LogP contribution in [-0.4, -0.2) is 23.4 Å². The van der Waals surface area contributed by atoms with E-state index in [2.05, 4.69) is 5.32 Å². The summed E-state index contributed by atoms with van der Waals surface area (Å²) in [5.41, 5.74) is 0.823. The Labute approximate surface area is 55.0 Å². The zero-order chi connectivity index (χ0) is 7.28. The maximum atomic E-state index is 8.91. The van der Waals surface area contributed by atoms with Gasteiger partial charge in [-0.3, -0.25) is 0 Å². The van der Waals surface area contributed by atoms with Crippen LogP contribution in [0.3, 0.4) is 0 Å². The van der Waals surface area contributed by atoms with E-state index in [0.29, 0.717) is 6.54 Å². The maximum absolute atomic E-state index is 8.91. The number of hydrogen-bond donors (Lipinski definition) is 3.